The topological polar surface area (TPSA) is 42.3 Å². The second kappa shape index (κ2) is 7.45. The number of anilines is 1. The van der Waals surface area contributed by atoms with Crippen LogP contribution in [0.4, 0.5) is 5.69 Å². The highest BCUT2D eigenvalue weighted by molar-refractivity contribution is 7.80. The van der Waals surface area contributed by atoms with Gasteiger partial charge in [-0.1, -0.05) is 17.7 Å². The van der Waals surface area contributed by atoms with E-state index in [1.165, 1.54) is 5.69 Å². The summed E-state index contributed by atoms with van der Waals surface area (Å²) in [6.45, 7) is 2.09. The van der Waals surface area contributed by atoms with Gasteiger partial charge in [-0.05, 0) is 61.6 Å². The van der Waals surface area contributed by atoms with Crippen molar-refractivity contribution in [3.8, 4) is 5.75 Å². The number of pyridine rings is 1. The van der Waals surface area contributed by atoms with Gasteiger partial charge in [-0.2, -0.15) is 0 Å². The zero-order valence-corrected chi connectivity index (χ0v) is 17.5. The number of nitrogens with one attached hydrogen (secondary N) is 1. The summed E-state index contributed by atoms with van der Waals surface area (Å²) in [6.07, 6.45) is 1.81. The Morgan fingerprint density at radius 3 is 2.61 bits per heavy atom. The summed E-state index contributed by atoms with van der Waals surface area (Å²) in [4.78, 5) is 6.68. The first kappa shape index (κ1) is 18.8. The normalized spacial score (nSPS) is 19.0. The van der Waals surface area contributed by atoms with E-state index in [-0.39, 0.29) is 12.1 Å². The van der Waals surface area contributed by atoms with E-state index in [1.54, 1.807) is 13.3 Å². The highest BCUT2D eigenvalue weighted by Gasteiger charge is 2.42. The number of hydrogen-bond acceptors (Lipinski definition) is 3. The molecule has 3 heterocycles. The van der Waals surface area contributed by atoms with Crippen molar-refractivity contribution in [2.75, 3.05) is 12.0 Å². The predicted molar refractivity (Wildman–Crippen MR) is 116 cm³/mol. The van der Waals surface area contributed by atoms with Crippen LogP contribution in [-0.4, -0.2) is 21.8 Å². The Hall–Kier alpha value is -2.57. The number of nitrogens with zero attached hydrogens (tertiary/aromatic N) is 3. The van der Waals surface area contributed by atoms with Gasteiger partial charge in [-0.15, -0.1) is 0 Å². The van der Waals surface area contributed by atoms with Crippen LogP contribution in [0.25, 0.3) is 0 Å². The van der Waals surface area contributed by atoms with Gasteiger partial charge in [0.25, 0.3) is 0 Å². The van der Waals surface area contributed by atoms with Crippen LogP contribution in [0.1, 0.15) is 29.2 Å². The molecule has 0 amide bonds. The Labute approximate surface area is 174 Å². The Bertz CT molecular complexity index is 1020. The van der Waals surface area contributed by atoms with Gasteiger partial charge < -0.3 is 19.5 Å². The predicted octanol–water partition coefficient (Wildman–Crippen LogP) is 4.57. The maximum Gasteiger partial charge on any atom is 0.174 e. The van der Waals surface area contributed by atoms with Crippen LogP contribution in [0.2, 0.25) is 5.02 Å². The first-order valence-electron chi connectivity index (χ1n) is 8.97. The van der Waals surface area contributed by atoms with Crippen molar-refractivity contribution >= 4 is 34.6 Å². The van der Waals surface area contributed by atoms with Crippen LogP contribution in [-0.2, 0) is 7.05 Å². The van der Waals surface area contributed by atoms with Gasteiger partial charge in [-0.3, -0.25) is 4.98 Å². The highest BCUT2D eigenvalue weighted by Crippen LogP contribution is 2.43. The summed E-state index contributed by atoms with van der Waals surface area (Å²) in [5.41, 5.74) is 4.18. The number of rotatable bonds is 4. The highest BCUT2D eigenvalue weighted by atomic mass is 35.5. The summed E-state index contributed by atoms with van der Waals surface area (Å²) in [7, 11) is 3.68. The molecule has 4 rings (SSSR count). The van der Waals surface area contributed by atoms with Crippen molar-refractivity contribution in [1.82, 2.24) is 14.9 Å². The van der Waals surface area contributed by atoms with Gasteiger partial charge in [0.05, 0.1) is 23.9 Å². The van der Waals surface area contributed by atoms with Crippen LogP contribution in [0.3, 0.4) is 0 Å². The van der Waals surface area contributed by atoms with E-state index in [9.17, 15) is 0 Å². The van der Waals surface area contributed by atoms with Crippen LogP contribution in [0.15, 0.2) is 54.7 Å². The van der Waals surface area contributed by atoms with E-state index in [2.05, 4.69) is 45.9 Å². The fourth-order valence-electron chi connectivity index (χ4n) is 3.67. The van der Waals surface area contributed by atoms with Gasteiger partial charge in [0.15, 0.2) is 5.11 Å². The first-order chi connectivity index (χ1) is 13.5. The van der Waals surface area contributed by atoms with Crippen molar-refractivity contribution in [3.05, 3.63) is 76.8 Å². The molecule has 0 saturated carbocycles. The van der Waals surface area contributed by atoms with Crippen LogP contribution < -0.4 is 15.0 Å². The molecule has 1 saturated heterocycles. The molecule has 144 valence electrons. The number of hydrogen-bond donors (Lipinski definition) is 1. The minimum absolute atomic E-state index is 0.0643. The third kappa shape index (κ3) is 3.12. The maximum atomic E-state index is 6.41. The lowest BCUT2D eigenvalue weighted by Crippen LogP contribution is -2.30. The SMILES string of the molecule is COc1ccc(N2C(=S)NC(c3ccccn3)C2c2ccc(C)n2C)cc1Cl. The largest absolute Gasteiger partial charge is 0.495 e. The van der Waals surface area contributed by atoms with Crippen molar-refractivity contribution in [1.29, 1.82) is 0 Å². The molecule has 1 aromatic carbocycles. The van der Waals surface area contributed by atoms with Gasteiger partial charge in [0.2, 0.25) is 0 Å². The average Bonchev–Trinajstić information content (AvgIpc) is 3.21. The Balaban J connectivity index is 1.85. The molecule has 2 aromatic heterocycles. The lowest BCUT2D eigenvalue weighted by molar-refractivity contribution is 0.415. The Morgan fingerprint density at radius 1 is 1.18 bits per heavy atom. The number of aromatic nitrogens is 2. The van der Waals surface area contributed by atoms with E-state index >= 15 is 0 Å². The zero-order valence-electron chi connectivity index (χ0n) is 15.9. The smallest absolute Gasteiger partial charge is 0.174 e. The second-order valence-corrected chi connectivity index (χ2v) is 7.57. The van der Waals surface area contributed by atoms with E-state index in [1.807, 2.05) is 36.4 Å². The number of ether oxygens (including phenoxy) is 1. The minimum Gasteiger partial charge on any atom is -0.495 e. The first-order valence-corrected chi connectivity index (χ1v) is 9.76. The number of methoxy groups -OCH3 is 1. The number of halogens is 1. The molecule has 28 heavy (non-hydrogen) atoms. The fraction of sp³-hybridized carbons (Fsp3) is 0.238. The molecule has 1 fully saturated rings. The number of thiocarbonyl (C=S) groups is 1. The monoisotopic (exact) mass is 412 g/mol. The Morgan fingerprint density at radius 2 is 2.00 bits per heavy atom. The summed E-state index contributed by atoms with van der Waals surface area (Å²) in [5, 5.41) is 4.65. The fourth-order valence-corrected chi connectivity index (χ4v) is 4.27. The lowest BCUT2D eigenvalue weighted by atomic mass is 10.0. The standard InChI is InChI=1S/C21H21ClN4OS/c1-13-7-9-17(25(13)2)20-19(16-6-4-5-11-23-16)24-21(28)26(20)14-8-10-18(27-3)15(22)12-14/h4-12,19-20H,1-3H3,(H,24,28). The maximum absolute atomic E-state index is 6.41. The van der Waals surface area contributed by atoms with Crippen molar-refractivity contribution < 1.29 is 4.74 Å². The number of benzene rings is 1. The number of aryl methyl sites for hydroxylation is 1. The zero-order chi connectivity index (χ0) is 19.8. The molecule has 2 unspecified atom stereocenters. The van der Waals surface area contributed by atoms with Gasteiger partial charge in [-0.25, -0.2) is 0 Å². The van der Waals surface area contributed by atoms with E-state index < -0.39 is 0 Å². The molecule has 0 bridgehead atoms. The third-order valence-electron chi connectivity index (χ3n) is 5.23. The molecule has 1 aliphatic heterocycles. The summed E-state index contributed by atoms with van der Waals surface area (Å²) < 4.78 is 7.49. The van der Waals surface area contributed by atoms with Gasteiger partial charge in [0.1, 0.15) is 11.8 Å². The summed E-state index contributed by atoms with van der Waals surface area (Å²) >= 11 is 12.1. The molecule has 5 nitrogen and oxygen atoms in total. The van der Waals surface area contributed by atoms with Gasteiger partial charge in [0, 0.05) is 30.3 Å². The molecular weight excluding hydrogens is 392 g/mol. The molecule has 0 radical (unpaired) electrons. The van der Waals surface area contributed by atoms with Crippen molar-refractivity contribution in [2.45, 2.75) is 19.0 Å². The molecular formula is C21H21ClN4OS. The van der Waals surface area contributed by atoms with E-state index in [0.717, 1.165) is 17.1 Å². The van der Waals surface area contributed by atoms with E-state index in [0.29, 0.717) is 15.9 Å². The van der Waals surface area contributed by atoms with Crippen molar-refractivity contribution in [2.24, 2.45) is 7.05 Å². The van der Waals surface area contributed by atoms with Crippen LogP contribution in [0, 0.1) is 6.92 Å². The average molecular weight is 413 g/mol. The van der Waals surface area contributed by atoms with Crippen molar-refractivity contribution in [3.63, 3.8) is 0 Å². The third-order valence-corrected chi connectivity index (χ3v) is 5.84. The lowest BCUT2D eigenvalue weighted by Gasteiger charge is -2.28. The quantitative estimate of drug-likeness (QED) is 0.636. The summed E-state index contributed by atoms with van der Waals surface area (Å²) in [6, 6.07) is 15.8. The van der Waals surface area contributed by atoms with Crippen LogP contribution in [0.5, 0.6) is 5.75 Å². The van der Waals surface area contributed by atoms with Gasteiger partial charge >= 0.3 is 0 Å². The second-order valence-electron chi connectivity index (χ2n) is 6.77. The molecule has 1 aliphatic rings. The molecule has 7 heteroatoms. The molecule has 1 N–H and O–H groups in total. The molecule has 0 aliphatic carbocycles. The molecule has 2 atom stereocenters. The molecule has 0 spiro atoms. The minimum atomic E-state index is -0.0809. The summed E-state index contributed by atoms with van der Waals surface area (Å²) in [5.74, 6) is 0.635. The van der Waals surface area contributed by atoms with Crippen LogP contribution >= 0.6 is 23.8 Å². The molecule has 3 aromatic rings. The van der Waals surface area contributed by atoms with E-state index in [4.69, 9.17) is 28.6 Å². The Kier molecular flexibility index (Phi) is 5.00.